The van der Waals surface area contributed by atoms with Crippen molar-refractivity contribution >= 4 is 43.9 Å². The third kappa shape index (κ3) is 4.38. The molecule has 0 radical (unpaired) electrons. The number of esters is 1. The molecule has 0 spiro atoms. The van der Waals surface area contributed by atoms with Crippen molar-refractivity contribution in [3.63, 3.8) is 0 Å². The van der Waals surface area contributed by atoms with Crippen molar-refractivity contribution in [1.29, 1.82) is 5.26 Å². The van der Waals surface area contributed by atoms with E-state index >= 15 is 0 Å². The van der Waals surface area contributed by atoms with Crippen LogP contribution in [0.3, 0.4) is 0 Å². The first-order chi connectivity index (χ1) is 15.4. The van der Waals surface area contributed by atoms with E-state index < -0.39 is 34.3 Å². The molecule has 0 unspecified atom stereocenters. The zero-order valence-electron chi connectivity index (χ0n) is 16.9. The third-order valence-electron chi connectivity index (χ3n) is 5.25. The van der Waals surface area contributed by atoms with Crippen LogP contribution in [0.15, 0.2) is 51.7 Å². The first-order valence-corrected chi connectivity index (χ1v) is 12.2. The molecule has 1 aliphatic rings. The maximum Gasteiger partial charge on any atom is 0.309 e. The van der Waals surface area contributed by atoms with Crippen molar-refractivity contribution in [2.24, 2.45) is 5.92 Å². The van der Waals surface area contributed by atoms with Gasteiger partial charge in [-0.1, -0.05) is 18.2 Å². The van der Waals surface area contributed by atoms with E-state index in [-0.39, 0.29) is 28.7 Å². The summed E-state index contributed by atoms with van der Waals surface area (Å²) in [6.45, 7) is -0.0407. The van der Waals surface area contributed by atoms with Crippen LogP contribution < -0.4 is 0 Å². The third-order valence-corrected chi connectivity index (χ3v) is 8.53. The summed E-state index contributed by atoms with van der Waals surface area (Å²) in [5.41, 5.74) is 1.25. The number of H-pyrrole nitrogens is 1. The van der Waals surface area contributed by atoms with Gasteiger partial charge >= 0.3 is 5.97 Å². The van der Waals surface area contributed by atoms with E-state index in [1.807, 2.05) is 12.1 Å². The summed E-state index contributed by atoms with van der Waals surface area (Å²) in [5.74, 6) is -1.23. The fraction of sp³-hybridized carbons (Fsp3) is 0.286. The molecule has 0 saturated carbocycles. The van der Waals surface area contributed by atoms with Gasteiger partial charge in [0.2, 0.25) is 0 Å². The number of thiophene rings is 1. The number of fused-ring (bicyclic) bond motifs is 1. The van der Waals surface area contributed by atoms with E-state index in [4.69, 9.17) is 4.74 Å². The number of aromatic amines is 1. The Balaban J connectivity index is 1.36. The van der Waals surface area contributed by atoms with Crippen molar-refractivity contribution in [1.82, 2.24) is 14.3 Å². The number of ether oxygens (including phenoxy) is 1. The zero-order valence-corrected chi connectivity index (χ0v) is 18.5. The number of aliphatic hydroxyl groups is 1. The second-order valence-corrected chi connectivity index (χ2v) is 10.4. The lowest BCUT2D eigenvalue weighted by Gasteiger charge is -2.29. The minimum atomic E-state index is -3.54. The Labute approximate surface area is 188 Å². The molecule has 1 saturated heterocycles. The van der Waals surface area contributed by atoms with Crippen LogP contribution in [0.5, 0.6) is 0 Å². The Morgan fingerprint density at radius 1 is 1.28 bits per heavy atom. The SMILES string of the molecule is N#CC(=C(O)COC(=O)C1CCN(S(=O)(=O)c2cccs2)CC1)c1nc2ccccc2[nH]1. The molecule has 2 N–H and O–H groups in total. The molecule has 11 heteroatoms. The quantitative estimate of drug-likeness (QED) is 0.320. The van der Waals surface area contributed by atoms with E-state index in [1.165, 1.54) is 4.31 Å². The molecule has 1 fully saturated rings. The number of imidazole rings is 1. The van der Waals surface area contributed by atoms with Gasteiger partial charge in [-0.25, -0.2) is 13.4 Å². The van der Waals surface area contributed by atoms with Crippen LogP contribution in [0.1, 0.15) is 18.7 Å². The van der Waals surface area contributed by atoms with Gasteiger partial charge in [-0.2, -0.15) is 9.57 Å². The number of hydrogen-bond acceptors (Lipinski definition) is 8. The summed E-state index contributed by atoms with van der Waals surface area (Å²) in [4.78, 5) is 19.7. The predicted molar refractivity (Wildman–Crippen MR) is 118 cm³/mol. The minimum Gasteiger partial charge on any atom is -0.507 e. The fourth-order valence-corrected chi connectivity index (χ4v) is 6.14. The van der Waals surface area contributed by atoms with Gasteiger partial charge in [-0.15, -0.1) is 11.3 Å². The number of allylic oxidation sites excluding steroid dienone is 1. The number of hydrogen-bond donors (Lipinski definition) is 2. The molecule has 4 rings (SSSR count). The van der Waals surface area contributed by atoms with E-state index in [9.17, 15) is 23.6 Å². The average Bonchev–Trinajstić information content (AvgIpc) is 3.48. The van der Waals surface area contributed by atoms with Crippen LogP contribution in [0, 0.1) is 17.2 Å². The van der Waals surface area contributed by atoms with E-state index in [0.717, 1.165) is 11.3 Å². The summed E-state index contributed by atoms with van der Waals surface area (Å²) >= 11 is 1.16. The molecule has 1 aromatic carbocycles. The molecule has 3 aromatic rings. The number of sulfonamides is 1. The highest BCUT2D eigenvalue weighted by molar-refractivity contribution is 7.91. The lowest BCUT2D eigenvalue weighted by Crippen LogP contribution is -2.40. The molecular formula is C21H20N4O5S2. The predicted octanol–water partition coefficient (Wildman–Crippen LogP) is 3.06. The number of piperidine rings is 1. The number of carbonyl (C=O) groups excluding carboxylic acids is 1. The Kier molecular flexibility index (Phi) is 6.27. The van der Waals surface area contributed by atoms with Crippen molar-refractivity contribution in [2.45, 2.75) is 17.1 Å². The van der Waals surface area contributed by atoms with Gasteiger partial charge in [0.25, 0.3) is 10.0 Å². The van der Waals surface area contributed by atoms with E-state index in [2.05, 4.69) is 9.97 Å². The number of benzene rings is 1. The largest absolute Gasteiger partial charge is 0.507 e. The number of para-hydroxylation sites is 2. The first kappa shape index (κ1) is 22.0. The van der Waals surface area contributed by atoms with Crippen LogP contribution in [0.25, 0.3) is 16.6 Å². The number of nitrogens with zero attached hydrogens (tertiary/aromatic N) is 3. The molecule has 166 valence electrons. The van der Waals surface area contributed by atoms with Crippen molar-refractivity contribution in [3.8, 4) is 6.07 Å². The molecular weight excluding hydrogens is 452 g/mol. The Hall–Kier alpha value is -3.20. The first-order valence-electron chi connectivity index (χ1n) is 9.88. The number of rotatable bonds is 6. The Morgan fingerprint density at radius 2 is 2.03 bits per heavy atom. The molecule has 32 heavy (non-hydrogen) atoms. The molecule has 0 aliphatic carbocycles. The number of nitriles is 1. The molecule has 0 amide bonds. The van der Waals surface area contributed by atoms with Gasteiger partial charge < -0.3 is 14.8 Å². The summed E-state index contributed by atoms with van der Waals surface area (Å²) in [6, 6.07) is 12.3. The lowest BCUT2D eigenvalue weighted by molar-refractivity contribution is -0.149. The number of nitrogens with one attached hydrogen (secondary N) is 1. The van der Waals surface area contributed by atoms with Crippen LogP contribution >= 0.6 is 11.3 Å². The second-order valence-electron chi connectivity index (χ2n) is 7.25. The van der Waals surface area contributed by atoms with Crippen LogP contribution in [0.4, 0.5) is 0 Å². The van der Waals surface area contributed by atoms with E-state index in [0.29, 0.717) is 23.9 Å². The van der Waals surface area contributed by atoms with Gasteiger partial charge in [0.05, 0.1) is 17.0 Å². The maximum atomic E-state index is 12.6. The van der Waals surface area contributed by atoms with Crippen LogP contribution in [-0.2, 0) is 19.6 Å². The molecule has 1 aliphatic heterocycles. The monoisotopic (exact) mass is 472 g/mol. The van der Waals surface area contributed by atoms with Gasteiger partial charge in [0.15, 0.2) is 11.6 Å². The Bertz CT molecular complexity index is 1260. The summed E-state index contributed by atoms with van der Waals surface area (Å²) in [5, 5.41) is 21.5. The number of carbonyl (C=O) groups is 1. The highest BCUT2D eigenvalue weighted by atomic mass is 32.2. The van der Waals surface area contributed by atoms with Gasteiger partial charge in [-0.05, 0) is 36.4 Å². The molecule has 0 bridgehead atoms. The highest BCUT2D eigenvalue weighted by Gasteiger charge is 2.33. The fourth-order valence-electron chi connectivity index (χ4n) is 3.52. The smallest absolute Gasteiger partial charge is 0.309 e. The summed E-state index contributed by atoms with van der Waals surface area (Å²) in [6.07, 6.45) is 0.644. The topological polar surface area (TPSA) is 136 Å². The molecule has 3 heterocycles. The van der Waals surface area contributed by atoms with Crippen molar-refractivity contribution in [3.05, 3.63) is 53.4 Å². The van der Waals surface area contributed by atoms with Gasteiger partial charge in [0.1, 0.15) is 22.5 Å². The van der Waals surface area contributed by atoms with Crippen LogP contribution in [0.2, 0.25) is 0 Å². The molecule has 0 atom stereocenters. The summed E-state index contributed by atoms with van der Waals surface area (Å²) < 4.78 is 32.0. The van der Waals surface area contributed by atoms with Gasteiger partial charge in [-0.3, -0.25) is 4.79 Å². The average molecular weight is 473 g/mol. The summed E-state index contributed by atoms with van der Waals surface area (Å²) in [7, 11) is -3.54. The Morgan fingerprint density at radius 3 is 2.69 bits per heavy atom. The number of aliphatic hydroxyl groups excluding tert-OH is 1. The zero-order chi connectivity index (χ0) is 22.7. The lowest BCUT2D eigenvalue weighted by atomic mass is 9.98. The van der Waals surface area contributed by atoms with E-state index in [1.54, 1.807) is 35.7 Å². The highest BCUT2D eigenvalue weighted by Crippen LogP contribution is 2.27. The van der Waals surface area contributed by atoms with Gasteiger partial charge in [0, 0.05) is 13.1 Å². The number of aromatic nitrogens is 2. The maximum absolute atomic E-state index is 12.6. The molecule has 9 nitrogen and oxygen atoms in total. The van der Waals surface area contributed by atoms with Crippen LogP contribution in [-0.4, -0.2) is 53.5 Å². The molecule has 2 aromatic heterocycles. The normalized spacial score (nSPS) is 16.5. The van der Waals surface area contributed by atoms with Crippen molar-refractivity contribution in [2.75, 3.05) is 19.7 Å². The standard InChI is InChI=1S/C21H20N4O5S2/c22-12-15(20-23-16-4-1-2-5-17(16)24-20)18(26)13-30-21(27)14-7-9-25(10-8-14)32(28,29)19-6-3-11-31-19/h1-6,11,14,26H,7-10,13H2,(H,23,24). The second kappa shape index (κ2) is 9.12. The van der Waals surface area contributed by atoms with Crippen molar-refractivity contribution < 1.29 is 23.1 Å². The minimum absolute atomic E-state index is 0.106.